The number of hydrogen-bond donors (Lipinski definition) is 1. The van der Waals surface area contributed by atoms with Gasteiger partial charge in [0.15, 0.2) is 6.10 Å². The van der Waals surface area contributed by atoms with Crippen molar-refractivity contribution in [1.82, 2.24) is 0 Å². The largest absolute Gasteiger partial charge is 0.472 e. The SMILES string of the molecule is COC(=O)[C@H]1O[C@H]2C[C@]1(C)[C@@H](CCCO)[C@]1(C)C[C@@H](c3ccoc3)OC(=O)[C@H]21. The molecule has 2 bridgehead atoms. The number of fused-ring (bicyclic) bond motifs is 4. The predicted octanol–water partition coefficient (Wildman–Crippen LogP) is 2.63. The lowest BCUT2D eigenvalue weighted by Gasteiger charge is -2.56. The molecule has 3 aliphatic rings. The van der Waals surface area contributed by atoms with E-state index in [2.05, 4.69) is 13.8 Å². The van der Waals surface area contributed by atoms with E-state index in [1.807, 2.05) is 6.07 Å². The maximum Gasteiger partial charge on any atom is 0.335 e. The molecule has 7 heteroatoms. The number of furan rings is 1. The van der Waals surface area contributed by atoms with Crippen LogP contribution in [0.4, 0.5) is 0 Å². The van der Waals surface area contributed by atoms with Crippen LogP contribution in [0.3, 0.4) is 0 Å². The number of aliphatic hydroxyl groups excluding tert-OH is 1. The van der Waals surface area contributed by atoms with E-state index in [4.69, 9.17) is 18.6 Å². The number of aliphatic hydroxyl groups is 1. The van der Waals surface area contributed by atoms with Gasteiger partial charge in [-0.2, -0.15) is 0 Å². The van der Waals surface area contributed by atoms with Crippen LogP contribution in [-0.2, 0) is 23.8 Å². The van der Waals surface area contributed by atoms with E-state index >= 15 is 0 Å². The summed E-state index contributed by atoms with van der Waals surface area (Å²) < 4.78 is 22.1. The fourth-order valence-corrected chi connectivity index (χ4v) is 6.21. The van der Waals surface area contributed by atoms with Gasteiger partial charge in [-0.1, -0.05) is 13.8 Å². The summed E-state index contributed by atoms with van der Waals surface area (Å²) in [6.07, 6.45) is 4.25. The third-order valence-corrected chi connectivity index (χ3v) is 7.34. The van der Waals surface area contributed by atoms with E-state index in [0.29, 0.717) is 25.7 Å². The van der Waals surface area contributed by atoms with E-state index in [1.54, 1.807) is 12.5 Å². The summed E-state index contributed by atoms with van der Waals surface area (Å²) in [6.45, 7) is 4.24. The zero-order chi connectivity index (χ0) is 20.1. The molecular weight excluding hydrogens is 364 g/mol. The molecule has 0 radical (unpaired) electrons. The molecule has 3 heterocycles. The number of carbonyl (C=O) groups is 2. The van der Waals surface area contributed by atoms with Gasteiger partial charge >= 0.3 is 11.9 Å². The average molecular weight is 392 g/mol. The van der Waals surface area contributed by atoms with Crippen molar-refractivity contribution >= 4 is 11.9 Å². The first kappa shape index (κ1) is 19.5. The predicted molar refractivity (Wildman–Crippen MR) is 97.0 cm³/mol. The van der Waals surface area contributed by atoms with Crippen LogP contribution >= 0.6 is 0 Å². The molecule has 7 atom stereocenters. The topological polar surface area (TPSA) is 95.2 Å². The lowest BCUT2D eigenvalue weighted by atomic mass is 9.48. The molecule has 4 rings (SSSR count). The number of methoxy groups -OCH3 is 1. The molecule has 154 valence electrons. The summed E-state index contributed by atoms with van der Waals surface area (Å²) in [5.41, 5.74) is -0.0497. The van der Waals surface area contributed by atoms with E-state index in [9.17, 15) is 14.7 Å². The molecule has 1 saturated carbocycles. The Morgan fingerprint density at radius 2 is 2.11 bits per heavy atom. The molecule has 1 N–H and O–H groups in total. The molecule has 2 saturated heterocycles. The smallest absolute Gasteiger partial charge is 0.335 e. The molecule has 1 aromatic heterocycles. The third kappa shape index (κ3) is 2.70. The zero-order valence-corrected chi connectivity index (χ0v) is 16.6. The van der Waals surface area contributed by atoms with Crippen LogP contribution in [0.25, 0.3) is 0 Å². The number of ether oxygens (including phenoxy) is 3. The van der Waals surface area contributed by atoms with Crippen molar-refractivity contribution in [3.8, 4) is 0 Å². The van der Waals surface area contributed by atoms with E-state index in [1.165, 1.54) is 7.11 Å². The Kier molecular flexibility index (Phi) is 4.78. The minimum Gasteiger partial charge on any atom is -0.472 e. The Morgan fingerprint density at radius 1 is 1.32 bits per heavy atom. The summed E-state index contributed by atoms with van der Waals surface area (Å²) in [5.74, 6) is -1.13. The maximum absolute atomic E-state index is 13.1. The molecule has 3 fully saturated rings. The minimum absolute atomic E-state index is 0.00208. The van der Waals surface area contributed by atoms with Gasteiger partial charge in [-0.15, -0.1) is 0 Å². The Morgan fingerprint density at radius 3 is 2.75 bits per heavy atom. The van der Waals surface area contributed by atoms with Crippen molar-refractivity contribution in [3.63, 3.8) is 0 Å². The summed E-state index contributed by atoms with van der Waals surface area (Å²) in [7, 11) is 1.36. The fourth-order valence-electron chi connectivity index (χ4n) is 6.21. The highest BCUT2D eigenvalue weighted by molar-refractivity contribution is 5.79. The van der Waals surface area contributed by atoms with Crippen LogP contribution < -0.4 is 0 Å². The van der Waals surface area contributed by atoms with Gasteiger partial charge < -0.3 is 23.7 Å². The standard InChI is InChI=1S/C21H28O7/c1-20-9-13(12-6-8-26-11-12)28-18(23)16(20)14-10-21(2,15(20)5-4-7-22)17(27-14)19(24)25-3/h6,8,11,13-17,22H,4-5,7,9-10H2,1-3H3/t13-,14-,15-,16-,17+,20-,21+/m0/s1. The lowest BCUT2D eigenvalue weighted by Crippen LogP contribution is -2.58. The van der Waals surface area contributed by atoms with Gasteiger partial charge in [0.25, 0.3) is 0 Å². The quantitative estimate of drug-likeness (QED) is 0.770. The molecule has 28 heavy (non-hydrogen) atoms. The van der Waals surface area contributed by atoms with Crippen molar-refractivity contribution in [2.45, 2.75) is 57.8 Å². The van der Waals surface area contributed by atoms with Gasteiger partial charge in [0, 0.05) is 17.6 Å². The first-order valence-corrected chi connectivity index (χ1v) is 9.92. The second kappa shape index (κ2) is 6.88. The number of hydrogen-bond acceptors (Lipinski definition) is 7. The van der Waals surface area contributed by atoms with Crippen molar-refractivity contribution in [2.75, 3.05) is 13.7 Å². The molecule has 0 unspecified atom stereocenters. The van der Waals surface area contributed by atoms with E-state index in [0.717, 1.165) is 5.56 Å². The van der Waals surface area contributed by atoms with Gasteiger partial charge in [-0.05, 0) is 43.1 Å². The molecule has 0 amide bonds. The molecule has 1 aromatic rings. The number of cyclic esters (lactones) is 1. The number of carbonyl (C=O) groups excluding carboxylic acids is 2. The fraction of sp³-hybridized carbons (Fsp3) is 0.714. The second-order valence-electron chi connectivity index (χ2n) is 8.88. The van der Waals surface area contributed by atoms with Crippen LogP contribution in [0.5, 0.6) is 0 Å². The van der Waals surface area contributed by atoms with Gasteiger partial charge in [0.05, 0.1) is 31.7 Å². The van der Waals surface area contributed by atoms with Crippen LogP contribution in [0, 0.1) is 22.7 Å². The summed E-state index contributed by atoms with van der Waals surface area (Å²) >= 11 is 0. The summed E-state index contributed by atoms with van der Waals surface area (Å²) in [6, 6.07) is 1.82. The van der Waals surface area contributed by atoms with Gasteiger partial charge in [0.2, 0.25) is 0 Å². The highest BCUT2D eigenvalue weighted by Crippen LogP contribution is 2.66. The maximum atomic E-state index is 13.1. The normalized spacial score (nSPS) is 42.0. The Hall–Kier alpha value is -1.86. The Bertz CT molecular complexity index is 744. The summed E-state index contributed by atoms with van der Waals surface area (Å²) in [5, 5.41) is 9.48. The molecule has 0 aromatic carbocycles. The van der Waals surface area contributed by atoms with Gasteiger partial charge in [-0.3, -0.25) is 4.79 Å². The minimum atomic E-state index is -0.714. The van der Waals surface area contributed by atoms with Crippen LogP contribution in [0.2, 0.25) is 0 Å². The third-order valence-electron chi connectivity index (χ3n) is 7.34. The van der Waals surface area contributed by atoms with Gasteiger partial charge in [0.1, 0.15) is 6.10 Å². The van der Waals surface area contributed by atoms with Crippen LogP contribution in [0.15, 0.2) is 23.0 Å². The molecule has 2 aliphatic heterocycles. The lowest BCUT2D eigenvalue weighted by molar-refractivity contribution is -0.194. The van der Waals surface area contributed by atoms with E-state index < -0.39 is 28.8 Å². The highest BCUT2D eigenvalue weighted by atomic mass is 16.6. The molecular formula is C21H28O7. The summed E-state index contributed by atoms with van der Waals surface area (Å²) in [4.78, 5) is 25.6. The monoisotopic (exact) mass is 392 g/mol. The average Bonchev–Trinajstić information content (AvgIpc) is 3.28. The Balaban J connectivity index is 1.76. The van der Waals surface area contributed by atoms with Crippen LogP contribution in [-0.4, -0.2) is 43.0 Å². The number of esters is 2. The number of rotatable bonds is 5. The van der Waals surface area contributed by atoms with Crippen molar-refractivity contribution in [1.29, 1.82) is 0 Å². The van der Waals surface area contributed by atoms with Gasteiger partial charge in [-0.25, -0.2) is 4.79 Å². The van der Waals surface area contributed by atoms with Crippen molar-refractivity contribution in [3.05, 3.63) is 24.2 Å². The second-order valence-corrected chi connectivity index (χ2v) is 8.88. The highest BCUT2D eigenvalue weighted by Gasteiger charge is 2.69. The van der Waals surface area contributed by atoms with Crippen LogP contribution in [0.1, 0.15) is 51.2 Å². The van der Waals surface area contributed by atoms with Crippen molar-refractivity contribution in [2.24, 2.45) is 22.7 Å². The molecule has 7 nitrogen and oxygen atoms in total. The molecule has 1 aliphatic carbocycles. The first-order valence-electron chi connectivity index (χ1n) is 9.92. The zero-order valence-electron chi connectivity index (χ0n) is 16.6. The van der Waals surface area contributed by atoms with Crippen molar-refractivity contribution < 1.29 is 33.3 Å². The first-order chi connectivity index (χ1) is 13.3. The molecule has 0 spiro atoms. The Labute approximate surface area is 164 Å². The van der Waals surface area contributed by atoms with E-state index in [-0.39, 0.29) is 30.7 Å².